The van der Waals surface area contributed by atoms with Gasteiger partial charge in [0.2, 0.25) is 5.91 Å². The van der Waals surface area contributed by atoms with Gasteiger partial charge in [-0.25, -0.2) is 0 Å². The van der Waals surface area contributed by atoms with Crippen LogP contribution in [0.5, 0.6) is 0 Å². The number of nitrogens with one attached hydrogen (secondary N) is 2. The van der Waals surface area contributed by atoms with Crippen LogP contribution in [0.25, 0.3) is 0 Å². The van der Waals surface area contributed by atoms with Gasteiger partial charge in [-0.15, -0.1) is 0 Å². The lowest BCUT2D eigenvalue weighted by Gasteiger charge is -2.34. The van der Waals surface area contributed by atoms with Gasteiger partial charge in [-0.3, -0.25) is 4.79 Å². The number of rotatable bonds is 4. The third-order valence-electron chi connectivity index (χ3n) is 4.47. The van der Waals surface area contributed by atoms with Crippen LogP contribution in [0.4, 0.5) is 0 Å². The number of carbonyl (C=O) groups excluding carboxylic acids is 1. The number of hydrogen-bond acceptors (Lipinski definition) is 4. The zero-order valence-corrected chi connectivity index (χ0v) is 12.1. The molecular weight excluding hydrogens is 242 g/mol. The Kier molecular flexibility index (Phi) is 5.19. The highest BCUT2D eigenvalue weighted by Crippen LogP contribution is 2.19. The first-order valence-electron chi connectivity index (χ1n) is 7.48. The molecule has 2 fully saturated rings. The van der Waals surface area contributed by atoms with Crippen LogP contribution in [0.2, 0.25) is 0 Å². The van der Waals surface area contributed by atoms with Gasteiger partial charge in [-0.05, 0) is 39.8 Å². The Morgan fingerprint density at radius 3 is 2.58 bits per heavy atom. The molecule has 1 amide bonds. The zero-order chi connectivity index (χ0) is 13.8. The van der Waals surface area contributed by atoms with E-state index in [9.17, 15) is 9.90 Å². The number of likely N-dealkylation sites (tertiary alicyclic amines) is 1. The molecule has 2 aliphatic rings. The molecule has 5 heteroatoms. The zero-order valence-electron chi connectivity index (χ0n) is 12.1. The Hall–Kier alpha value is -0.650. The summed E-state index contributed by atoms with van der Waals surface area (Å²) in [4.78, 5) is 14.5. The van der Waals surface area contributed by atoms with Gasteiger partial charge >= 0.3 is 0 Å². The average molecular weight is 269 g/mol. The number of hydrogen-bond donors (Lipinski definition) is 3. The van der Waals surface area contributed by atoms with Gasteiger partial charge in [0.05, 0.1) is 6.10 Å². The maximum atomic E-state index is 12.1. The van der Waals surface area contributed by atoms with Crippen LogP contribution < -0.4 is 10.6 Å². The SMILES string of the molecule is CC(C)N1CCC(C(=O)NCC2CNCC2O)CC1. The van der Waals surface area contributed by atoms with E-state index in [1.165, 1.54) is 0 Å². The second kappa shape index (κ2) is 6.68. The van der Waals surface area contributed by atoms with Crippen molar-refractivity contribution in [1.29, 1.82) is 0 Å². The van der Waals surface area contributed by atoms with E-state index in [1.807, 2.05) is 0 Å². The number of carbonyl (C=O) groups is 1. The van der Waals surface area contributed by atoms with Crippen molar-refractivity contribution in [2.75, 3.05) is 32.7 Å². The highest BCUT2D eigenvalue weighted by molar-refractivity contribution is 5.78. The molecule has 0 spiro atoms. The summed E-state index contributed by atoms with van der Waals surface area (Å²) in [5.41, 5.74) is 0. The fourth-order valence-corrected chi connectivity index (χ4v) is 2.98. The average Bonchev–Trinajstić information content (AvgIpc) is 2.81. The highest BCUT2D eigenvalue weighted by Gasteiger charge is 2.28. The maximum absolute atomic E-state index is 12.1. The summed E-state index contributed by atoms with van der Waals surface area (Å²) < 4.78 is 0. The molecular formula is C14H27N3O2. The van der Waals surface area contributed by atoms with Crippen LogP contribution >= 0.6 is 0 Å². The van der Waals surface area contributed by atoms with E-state index >= 15 is 0 Å². The Morgan fingerprint density at radius 2 is 2.05 bits per heavy atom. The fraction of sp³-hybridized carbons (Fsp3) is 0.929. The highest BCUT2D eigenvalue weighted by atomic mass is 16.3. The van der Waals surface area contributed by atoms with Crippen molar-refractivity contribution in [2.45, 2.75) is 38.8 Å². The minimum atomic E-state index is -0.317. The lowest BCUT2D eigenvalue weighted by atomic mass is 9.95. The molecule has 0 bridgehead atoms. The first-order chi connectivity index (χ1) is 9.08. The second-order valence-electron chi connectivity index (χ2n) is 6.13. The molecule has 5 nitrogen and oxygen atoms in total. The smallest absolute Gasteiger partial charge is 0.223 e. The van der Waals surface area contributed by atoms with Gasteiger partial charge in [-0.2, -0.15) is 0 Å². The summed E-state index contributed by atoms with van der Waals surface area (Å²) in [5.74, 6) is 0.490. The maximum Gasteiger partial charge on any atom is 0.223 e. The number of amides is 1. The van der Waals surface area contributed by atoms with Crippen molar-refractivity contribution in [3.8, 4) is 0 Å². The second-order valence-corrected chi connectivity index (χ2v) is 6.13. The molecule has 0 aromatic rings. The predicted octanol–water partition coefficient (Wildman–Crippen LogP) is -0.197. The monoisotopic (exact) mass is 269 g/mol. The van der Waals surface area contributed by atoms with Gasteiger partial charge in [0.1, 0.15) is 0 Å². The van der Waals surface area contributed by atoms with E-state index in [0.717, 1.165) is 32.5 Å². The summed E-state index contributed by atoms with van der Waals surface area (Å²) >= 11 is 0. The molecule has 2 aliphatic heterocycles. The largest absolute Gasteiger partial charge is 0.391 e. The molecule has 0 radical (unpaired) electrons. The Balaban J connectivity index is 1.69. The summed E-state index contributed by atoms with van der Waals surface area (Å²) in [6.07, 6.45) is 1.59. The van der Waals surface area contributed by atoms with E-state index < -0.39 is 0 Å². The summed E-state index contributed by atoms with van der Waals surface area (Å²) in [6.45, 7) is 8.48. The molecule has 0 aromatic heterocycles. The van der Waals surface area contributed by atoms with E-state index in [0.29, 0.717) is 19.1 Å². The molecule has 110 valence electrons. The summed E-state index contributed by atoms with van der Waals surface area (Å²) in [7, 11) is 0. The van der Waals surface area contributed by atoms with Crippen LogP contribution in [0.3, 0.4) is 0 Å². The molecule has 0 saturated carbocycles. The molecule has 19 heavy (non-hydrogen) atoms. The predicted molar refractivity (Wildman–Crippen MR) is 74.8 cm³/mol. The van der Waals surface area contributed by atoms with Crippen LogP contribution in [-0.4, -0.2) is 60.8 Å². The molecule has 0 aromatic carbocycles. The number of β-amino-alcohol motifs (C(OH)–C–C–N with tert-alkyl or cyclic N) is 1. The van der Waals surface area contributed by atoms with Gasteiger partial charge in [0, 0.05) is 37.5 Å². The van der Waals surface area contributed by atoms with Crippen molar-refractivity contribution in [3.63, 3.8) is 0 Å². The van der Waals surface area contributed by atoms with Gasteiger partial charge in [0.25, 0.3) is 0 Å². The molecule has 2 heterocycles. The van der Waals surface area contributed by atoms with Gasteiger partial charge < -0.3 is 20.6 Å². The van der Waals surface area contributed by atoms with E-state index in [4.69, 9.17) is 0 Å². The standard InChI is InChI=1S/C14H27N3O2/c1-10(2)17-5-3-11(4-6-17)14(19)16-8-12-7-15-9-13(12)18/h10-13,15,18H,3-9H2,1-2H3,(H,16,19). The Bertz CT molecular complexity index is 301. The fourth-order valence-electron chi connectivity index (χ4n) is 2.98. The van der Waals surface area contributed by atoms with Gasteiger partial charge in [-0.1, -0.05) is 0 Å². The lowest BCUT2D eigenvalue weighted by molar-refractivity contribution is -0.126. The quantitative estimate of drug-likeness (QED) is 0.661. The lowest BCUT2D eigenvalue weighted by Crippen LogP contribution is -2.44. The number of piperidine rings is 1. The van der Waals surface area contributed by atoms with Crippen molar-refractivity contribution in [2.24, 2.45) is 11.8 Å². The number of nitrogens with zero attached hydrogens (tertiary/aromatic N) is 1. The number of aliphatic hydroxyl groups excluding tert-OH is 1. The molecule has 2 saturated heterocycles. The molecule has 2 atom stereocenters. The van der Waals surface area contributed by atoms with Crippen LogP contribution in [0, 0.1) is 11.8 Å². The van der Waals surface area contributed by atoms with Crippen LogP contribution in [0.15, 0.2) is 0 Å². The summed E-state index contributed by atoms with van der Waals surface area (Å²) in [6, 6.07) is 0.573. The van der Waals surface area contributed by atoms with Crippen LogP contribution in [0.1, 0.15) is 26.7 Å². The molecule has 0 aliphatic carbocycles. The Morgan fingerprint density at radius 1 is 1.37 bits per heavy atom. The third kappa shape index (κ3) is 3.91. The van der Waals surface area contributed by atoms with Crippen molar-refractivity contribution in [1.82, 2.24) is 15.5 Å². The number of aliphatic hydroxyl groups is 1. The van der Waals surface area contributed by atoms with Gasteiger partial charge in [0.15, 0.2) is 0 Å². The molecule has 2 unspecified atom stereocenters. The minimum Gasteiger partial charge on any atom is -0.391 e. The van der Waals surface area contributed by atoms with E-state index in [2.05, 4.69) is 29.4 Å². The minimum absolute atomic E-state index is 0.154. The molecule has 3 N–H and O–H groups in total. The third-order valence-corrected chi connectivity index (χ3v) is 4.47. The normalized spacial score (nSPS) is 29.9. The van der Waals surface area contributed by atoms with E-state index in [1.54, 1.807) is 0 Å². The first kappa shape index (κ1) is 14.8. The van der Waals surface area contributed by atoms with E-state index in [-0.39, 0.29) is 23.8 Å². The first-order valence-corrected chi connectivity index (χ1v) is 7.48. The molecule has 2 rings (SSSR count). The summed E-state index contributed by atoms with van der Waals surface area (Å²) in [5, 5.41) is 15.8. The topological polar surface area (TPSA) is 64.6 Å². The van der Waals surface area contributed by atoms with Crippen molar-refractivity contribution < 1.29 is 9.90 Å². The van der Waals surface area contributed by atoms with Crippen LogP contribution in [-0.2, 0) is 4.79 Å². The Labute approximate surface area is 115 Å². The van der Waals surface area contributed by atoms with Crippen molar-refractivity contribution in [3.05, 3.63) is 0 Å². The van der Waals surface area contributed by atoms with Crippen molar-refractivity contribution >= 4 is 5.91 Å².